The average molecular weight is 297 g/mol. The van der Waals surface area contributed by atoms with E-state index in [9.17, 15) is 20.1 Å². The van der Waals surface area contributed by atoms with Gasteiger partial charge in [-0.2, -0.15) is 0 Å². The van der Waals surface area contributed by atoms with Crippen molar-refractivity contribution >= 4 is 5.91 Å². The van der Waals surface area contributed by atoms with Crippen molar-refractivity contribution in [1.82, 2.24) is 5.32 Å². The molecule has 116 valence electrons. The number of benzene rings is 1. The molecule has 0 aliphatic carbocycles. The van der Waals surface area contributed by atoms with Crippen LogP contribution in [0.25, 0.3) is 0 Å². The monoisotopic (exact) mass is 297 g/mol. The normalized spacial score (nSPS) is 32.7. The Morgan fingerprint density at radius 1 is 1.29 bits per heavy atom. The maximum atomic E-state index is 12.1. The fourth-order valence-electron chi connectivity index (χ4n) is 2.27. The highest BCUT2D eigenvalue weighted by Crippen LogP contribution is 2.20. The van der Waals surface area contributed by atoms with Crippen LogP contribution in [0.3, 0.4) is 0 Å². The maximum absolute atomic E-state index is 12.1. The van der Waals surface area contributed by atoms with Crippen molar-refractivity contribution in [3.8, 4) is 0 Å². The summed E-state index contributed by atoms with van der Waals surface area (Å²) in [6, 6.07) is 5.61. The Balaban J connectivity index is 2.09. The van der Waals surface area contributed by atoms with E-state index in [1.807, 2.05) is 13.0 Å². The molecule has 21 heavy (non-hydrogen) atoms. The van der Waals surface area contributed by atoms with Crippen LogP contribution in [0.15, 0.2) is 24.3 Å². The van der Waals surface area contributed by atoms with Crippen LogP contribution in [0.4, 0.5) is 0 Å². The molecule has 7 heteroatoms. The SMILES string of the molecule is Cc1cccc(C(=O)N[C@H]2C(O)O[C@H](CO)[C@@H](O)[C@@H]2O)c1. The van der Waals surface area contributed by atoms with Crippen LogP contribution in [-0.4, -0.2) is 63.6 Å². The number of rotatable bonds is 3. The molecule has 1 aliphatic rings. The van der Waals surface area contributed by atoms with Crippen molar-refractivity contribution < 1.29 is 30.0 Å². The molecule has 0 aromatic heterocycles. The molecule has 0 spiro atoms. The number of carbonyl (C=O) groups excluding carboxylic acids is 1. The number of carbonyl (C=O) groups is 1. The lowest BCUT2D eigenvalue weighted by Crippen LogP contribution is -2.64. The number of amides is 1. The minimum Gasteiger partial charge on any atom is -0.394 e. The molecule has 1 saturated heterocycles. The topological polar surface area (TPSA) is 119 Å². The van der Waals surface area contributed by atoms with E-state index in [2.05, 4.69) is 5.32 Å². The van der Waals surface area contributed by atoms with Gasteiger partial charge in [-0.1, -0.05) is 17.7 Å². The minimum absolute atomic E-state index is 0.369. The predicted octanol–water partition coefficient (Wildman–Crippen LogP) is -1.48. The second-order valence-electron chi connectivity index (χ2n) is 5.10. The summed E-state index contributed by atoms with van der Waals surface area (Å²) in [5.41, 5.74) is 1.26. The van der Waals surface area contributed by atoms with Gasteiger partial charge < -0.3 is 30.5 Å². The standard InChI is InChI=1S/C14H19NO6/c1-7-3-2-4-8(5-7)13(19)15-10-12(18)11(17)9(6-16)21-14(10)20/h2-5,9-12,14,16-18,20H,6H2,1H3,(H,15,19)/t9-,10-,11-,12-,14?/m1/s1. The molecule has 5 atom stereocenters. The number of hydrogen-bond donors (Lipinski definition) is 5. The fourth-order valence-corrected chi connectivity index (χ4v) is 2.27. The van der Waals surface area contributed by atoms with Gasteiger partial charge in [0.15, 0.2) is 6.29 Å². The van der Waals surface area contributed by atoms with Crippen LogP contribution in [0, 0.1) is 6.92 Å². The fraction of sp³-hybridized carbons (Fsp3) is 0.500. The largest absolute Gasteiger partial charge is 0.394 e. The van der Waals surface area contributed by atoms with Crippen LogP contribution in [0.5, 0.6) is 0 Å². The van der Waals surface area contributed by atoms with Gasteiger partial charge in [0, 0.05) is 5.56 Å². The third-order valence-electron chi connectivity index (χ3n) is 3.48. The Labute approximate surface area is 121 Å². The van der Waals surface area contributed by atoms with Gasteiger partial charge in [0.25, 0.3) is 5.91 Å². The molecule has 1 heterocycles. The summed E-state index contributed by atoms with van der Waals surface area (Å²) in [6.07, 6.45) is -5.46. The summed E-state index contributed by atoms with van der Waals surface area (Å²) in [7, 11) is 0. The number of ether oxygens (including phenoxy) is 1. The first-order valence-corrected chi connectivity index (χ1v) is 6.62. The van der Waals surface area contributed by atoms with Gasteiger partial charge in [-0.3, -0.25) is 4.79 Å². The second-order valence-corrected chi connectivity index (χ2v) is 5.10. The molecular weight excluding hydrogens is 278 g/mol. The quantitative estimate of drug-likeness (QED) is 0.464. The zero-order chi connectivity index (χ0) is 15.6. The number of nitrogens with one attached hydrogen (secondary N) is 1. The van der Waals surface area contributed by atoms with E-state index in [4.69, 9.17) is 9.84 Å². The molecule has 1 aromatic rings. The zero-order valence-corrected chi connectivity index (χ0v) is 11.5. The summed E-state index contributed by atoms with van der Waals surface area (Å²) < 4.78 is 4.97. The third kappa shape index (κ3) is 3.39. The first-order chi connectivity index (χ1) is 9.93. The van der Waals surface area contributed by atoms with E-state index in [0.717, 1.165) is 5.56 Å². The summed E-state index contributed by atoms with van der Waals surface area (Å²) in [5.74, 6) is -0.500. The molecule has 7 nitrogen and oxygen atoms in total. The van der Waals surface area contributed by atoms with Crippen LogP contribution in [-0.2, 0) is 4.74 Å². The number of aliphatic hydroxyl groups excluding tert-OH is 4. The number of aliphatic hydroxyl groups is 4. The highest BCUT2D eigenvalue weighted by Gasteiger charge is 2.44. The summed E-state index contributed by atoms with van der Waals surface area (Å²) in [4.78, 5) is 12.1. The Kier molecular flexibility index (Phi) is 4.92. The van der Waals surface area contributed by atoms with Gasteiger partial charge in [0.05, 0.1) is 6.61 Å². The molecule has 5 N–H and O–H groups in total. The van der Waals surface area contributed by atoms with Gasteiger partial charge in [-0.05, 0) is 19.1 Å². The Bertz CT molecular complexity index is 508. The van der Waals surface area contributed by atoms with Crippen LogP contribution in [0.2, 0.25) is 0 Å². The van der Waals surface area contributed by atoms with Crippen LogP contribution < -0.4 is 5.32 Å². The van der Waals surface area contributed by atoms with E-state index in [-0.39, 0.29) is 0 Å². The van der Waals surface area contributed by atoms with Crippen molar-refractivity contribution in [2.45, 2.75) is 37.6 Å². The predicted molar refractivity (Wildman–Crippen MR) is 72.4 cm³/mol. The lowest BCUT2D eigenvalue weighted by Gasteiger charge is -2.40. The molecule has 0 saturated carbocycles. The van der Waals surface area contributed by atoms with Gasteiger partial charge in [0.2, 0.25) is 0 Å². The molecule has 1 unspecified atom stereocenters. The van der Waals surface area contributed by atoms with Gasteiger partial charge in [0.1, 0.15) is 24.4 Å². The highest BCUT2D eigenvalue weighted by atomic mass is 16.6. The molecule has 1 aromatic carbocycles. The van der Waals surface area contributed by atoms with Gasteiger partial charge in [-0.25, -0.2) is 0 Å². The third-order valence-corrected chi connectivity index (χ3v) is 3.48. The maximum Gasteiger partial charge on any atom is 0.251 e. The van der Waals surface area contributed by atoms with E-state index >= 15 is 0 Å². The summed E-state index contributed by atoms with van der Waals surface area (Å²) in [5, 5.41) is 40.9. The van der Waals surface area contributed by atoms with Crippen molar-refractivity contribution in [1.29, 1.82) is 0 Å². The lowest BCUT2D eigenvalue weighted by atomic mass is 9.96. The van der Waals surface area contributed by atoms with Crippen LogP contribution in [0.1, 0.15) is 15.9 Å². The highest BCUT2D eigenvalue weighted by molar-refractivity contribution is 5.94. The summed E-state index contributed by atoms with van der Waals surface area (Å²) in [6.45, 7) is 1.29. The van der Waals surface area contributed by atoms with Gasteiger partial charge in [-0.15, -0.1) is 0 Å². The molecular formula is C14H19NO6. The molecule has 0 radical (unpaired) electrons. The molecule has 1 amide bonds. The molecule has 1 fully saturated rings. The minimum atomic E-state index is -1.52. The molecule has 2 rings (SSSR count). The lowest BCUT2D eigenvalue weighted by molar-refractivity contribution is -0.252. The first-order valence-electron chi connectivity index (χ1n) is 6.62. The van der Waals surface area contributed by atoms with Crippen molar-refractivity contribution in [3.05, 3.63) is 35.4 Å². The Morgan fingerprint density at radius 2 is 2.00 bits per heavy atom. The number of aryl methyl sites for hydroxylation is 1. The number of hydrogen-bond acceptors (Lipinski definition) is 6. The smallest absolute Gasteiger partial charge is 0.251 e. The first kappa shape index (κ1) is 15.9. The van der Waals surface area contributed by atoms with E-state index in [1.165, 1.54) is 0 Å². The molecule has 0 bridgehead atoms. The van der Waals surface area contributed by atoms with E-state index in [0.29, 0.717) is 5.56 Å². The van der Waals surface area contributed by atoms with Crippen molar-refractivity contribution in [2.24, 2.45) is 0 Å². The average Bonchev–Trinajstić information content (AvgIpc) is 2.47. The Hall–Kier alpha value is -1.51. The van der Waals surface area contributed by atoms with Crippen molar-refractivity contribution in [2.75, 3.05) is 6.61 Å². The van der Waals surface area contributed by atoms with E-state index < -0.39 is 43.2 Å². The second kappa shape index (κ2) is 6.50. The summed E-state index contributed by atoms with van der Waals surface area (Å²) >= 11 is 0. The van der Waals surface area contributed by atoms with Crippen molar-refractivity contribution in [3.63, 3.8) is 0 Å². The van der Waals surface area contributed by atoms with Gasteiger partial charge >= 0.3 is 0 Å². The Morgan fingerprint density at radius 3 is 2.62 bits per heavy atom. The molecule has 1 aliphatic heterocycles. The van der Waals surface area contributed by atoms with E-state index in [1.54, 1.807) is 18.2 Å². The van der Waals surface area contributed by atoms with Crippen LogP contribution >= 0.6 is 0 Å². The zero-order valence-electron chi connectivity index (χ0n) is 11.5.